The van der Waals surface area contributed by atoms with Gasteiger partial charge in [-0.2, -0.15) is 0 Å². The summed E-state index contributed by atoms with van der Waals surface area (Å²) in [5.74, 6) is 0. The molecule has 2 atom stereocenters. The fourth-order valence-electron chi connectivity index (χ4n) is 3.49. The van der Waals surface area contributed by atoms with Gasteiger partial charge in [0.15, 0.2) is 0 Å². The first-order chi connectivity index (χ1) is 9.34. The molecule has 106 valence electrons. The second-order valence-electron chi connectivity index (χ2n) is 6.09. The zero-order valence-corrected chi connectivity index (χ0v) is 12.0. The smallest absolute Gasteiger partial charge is 0.0951 e. The van der Waals surface area contributed by atoms with Gasteiger partial charge in [0.2, 0.25) is 0 Å². The maximum atomic E-state index is 4.39. The Kier molecular flexibility index (Phi) is 4.18. The van der Waals surface area contributed by atoms with E-state index < -0.39 is 0 Å². The second kappa shape index (κ2) is 6.06. The van der Waals surface area contributed by atoms with Crippen molar-refractivity contribution in [3.63, 3.8) is 0 Å². The second-order valence-corrected chi connectivity index (χ2v) is 6.09. The number of piperidine rings is 1. The van der Waals surface area contributed by atoms with Gasteiger partial charge in [-0.25, -0.2) is 4.98 Å². The van der Waals surface area contributed by atoms with E-state index in [2.05, 4.69) is 32.9 Å². The summed E-state index contributed by atoms with van der Waals surface area (Å²) in [7, 11) is 0. The van der Waals surface area contributed by atoms with Crippen molar-refractivity contribution in [3.8, 4) is 0 Å². The summed E-state index contributed by atoms with van der Waals surface area (Å²) in [5.41, 5.74) is 1.38. The van der Waals surface area contributed by atoms with Gasteiger partial charge < -0.3 is 14.8 Å². The van der Waals surface area contributed by atoms with Gasteiger partial charge >= 0.3 is 0 Å². The molecule has 2 aliphatic heterocycles. The minimum Gasteiger partial charge on any atom is -0.329 e. The topological polar surface area (TPSA) is 33.1 Å². The number of likely N-dealkylation sites (tertiary alicyclic amines) is 1. The van der Waals surface area contributed by atoms with Crippen molar-refractivity contribution in [2.45, 2.75) is 51.1 Å². The molecule has 3 rings (SSSR count). The molecule has 4 heteroatoms. The molecule has 0 bridgehead atoms. The lowest BCUT2D eigenvalue weighted by Crippen LogP contribution is -2.34. The molecule has 2 fully saturated rings. The van der Waals surface area contributed by atoms with Crippen molar-refractivity contribution >= 4 is 0 Å². The van der Waals surface area contributed by atoms with Crippen LogP contribution in [0.3, 0.4) is 0 Å². The highest BCUT2D eigenvalue weighted by Gasteiger charge is 2.22. The van der Waals surface area contributed by atoms with Crippen LogP contribution < -0.4 is 5.32 Å². The van der Waals surface area contributed by atoms with E-state index in [9.17, 15) is 0 Å². The molecule has 1 unspecified atom stereocenters. The van der Waals surface area contributed by atoms with Gasteiger partial charge in [-0.1, -0.05) is 6.42 Å². The summed E-state index contributed by atoms with van der Waals surface area (Å²) >= 11 is 0. The molecule has 2 saturated heterocycles. The van der Waals surface area contributed by atoms with Crippen molar-refractivity contribution in [1.29, 1.82) is 0 Å². The summed E-state index contributed by atoms with van der Waals surface area (Å²) in [6, 6.07) is 1.05. The van der Waals surface area contributed by atoms with E-state index in [0.717, 1.165) is 13.1 Å². The third-order valence-electron chi connectivity index (χ3n) is 4.56. The quantitative estimate of drug-likeness (QED) is 0.904. The molecule has 19 heavy (non-hydrogen) atoms. The van der Waals surface area contributed by atoms with Gasteiger partial charge in [-0.05, 0) is 52.2 Å². The van der Waals surface area contributed by atoms with Gasteiger partial charge in [0.05, 0.1) is 12.0 Å². The molecule has 2 aliphatic rings. The normalized spacial score (nSPS) is 26.7. The Hall–Kier alpha value is -0.870. The molecular weight excluding hydrogens is 236 g/mol. The van der Waals surface area contributed by atoms with Crippen molar-refractivity contribution in [1.82, 2.24) is 19.8 Å². The predicted octanol–water partition coefficient (Wildman–Crippen LogP) is 2.35. The highest BCUT2D eigenvalue weighted by Crippen LogP contribution is 2.25. The first kappa shape index (κ1) is 13.1. The fraction of sp³-hybridized carbons (Fsp3) is 0.800. The Morgan fingerprint density at radius 1 is 1.32 bits per heavy atom. The third-order valence-corrected chi connectivity index (χ3v) is 4.56. The van der Waals surface area contributed by atoms with Gasteiger partial charge in [0.1, 0.15) is 0 Å². The number of rotatable bonds is 4. The number of hydrogen-bond donors (Lipinski definition) is 1. The molecule has 0 amide bonds. The highest BCUT2D eigenvalue weighted by atomic mass is 15.2. The van der Waals surface area contributed by atoms with Crippen LogP contribution in [0.5, 0.6) is 0 Å². The van der Waals surface area contributed by atoms with E-state index in [4.69, 9.17) is 0 Å². The molecule has 4 nitrogen and oxygen atoms in total. The standard InChI is InChI=1S/C15H26N4/c1-13(11-18-8-3-2-4-9-18)19-12-16-10-15(19)14-6-5-7-17-14/h10,12-14,17H,2-9,11H2,1H3/t13?,14-/m0/s1. The lowest BCUT2D eigenvalue weighted by Gasteiger charge is -2.30. The van der Waals surface area contributed by atoms with Crippen molar-refractivity contribution in [3.05, 3.63) is 18.2 Å². The maximum absolute atomic E-state index is 4.39. The average molecular weight is 262 g/mol. The van der Waals surface area contributed by atoms with Gasteiger partial charge in [0.25, 0.3) is 0 Å². The van der Waals surface area contributed by atoms with E-state index >= 15 is 0 Å². The lowest BCUT2D eigenvalue weighted by atomic mass is 10.1. The molecule has 1 N–H and O–H groups in total. The molecular formula is C15H26N4. The van der Waals surface area contributed by atoms with E-state index in [1.54, 1.807) is 0 Å². The molecule has 1 aromatic heterocycles. The van der Waals surface area contributed by atoms with Crippen LogP contribution in [0.15, 0.2) is 12.5 Å². The van der Waals surface area contributed by atoms with Crippen molar-refractivity contribution in [2.24, 2.45) is 0 Å². The molecule has 0 spiro atoms. The number of hydrogen-bond acceptors (Lipinski definition) is 3. The number of nitrogens with one attached hydrogen (secondary N) is 1. The van der Waals surface area contributed by atoms with Gasteiger partial charge in [-0.3, -0.25) is 0 Å². The Morgan fingerprint density at radius 3 is 2.89 bits per heavy atom. The molecule has 0 radical (unpaired) electrons. The number of nitrogens with zero attached hydrogens (tertiary/aromatic N) is 3. The van der Waals surface area contributed by atoms with Crippen LogP contribution in [0.4, 0.5) is 0 Å². The molecule has 1 aromatic rings. The Labute approximate surface area is 116 Å². The monoisotopic (exact) mass is 262 g/mol. The summed E-state index contributed by atoms with van der Waals surface area (Å²) < 4.78 is 2.39. The zero-order valence-electron chi connectivity index (χ0n) is 12.0. The fourth-order valence-corrected chi connectivity index (χ4v) is 3.49. The van der Waals surface area contributed by atoms with E-state index in [1.165, 1.54) is 50.9 Å². The van der Waals surface area contributed by atoms with Crippen LogP contribution in [0.25, 0.3) is 0 Å². The zero-order chi connectivity index (χ0) is 13.1. The number of aromatic nitrogens is 2. The lowest BCUT2D eigenvalue weighted by molar-refractivity contribution is 0.200. The van der Waals surface area contributed by atoms with Crippen LogP contribution in [-0.4, -0.2) is 40.6 Å². The summed E-state index contributed by atoms with van der Waals surface area (Å²) in [6.45, 7) is 7.19. The Balaban J connectivity index is 1.65. The summed E-state index contributed by atoms with van der Waals surface area (Å²) in [5, 5.41) is 3.58. The van der Waals surface area contributed by atoms with Gasteiger partial charge in [-0.15, -0.1) is 0 Å². The highest BCUT2D eigenvalue weighted by molar-refractivity contribution is 5.08. The molecule has 3 heterocycles. The van der Waals surface area contributed by atoms with Crippen LogP contribution >= 0.6 is 0 Å². The summed E-state index contributed by atoms with van der Waals surface area (Å²) in [6.07, 6.45) is 10.8. The predicted molar refractivity (Wildman–Crippen MR) is 77.2 cm³/mol. The number of imidazole rings is 1. The van der Waals surface area contributed by atoms with Gasteiger partial charge in [0, 0.05) is 24.8 Å². The Bertz CT molecular complexity index is 389. The molecule has 0 aliphatic carbocycles. The van der Waals surface area contributed by atoms with E-state index in [0.29, 0.717) is 12.1 Å². The molecule has 0 aromatic carbocycles. The van der Waals surface area contributed by atoms with Crippen LogP contribution in [0.1, 0.15) is 56.8 Å². The largest absolute Gasteiger partial charge is 0.329 e. The van der Waals surface area contributed by atoms with Crippen LogP contribution in [0.2, 0.25) is 0 Å². The molecule has 0 saturated carbocycles. The van der Waals surface area contributed by atoms with Crippen LogP contribution in [-0.2, 0) is 0 Å². The van der Waals surface area contributed by atoms with E-state index in [1.807, 2.05) is 6.33 Å². The van der Waals surface area contributed by atoms with Crippen LogP contribution in [0, 0.1) is 0 Å². The Morgan fingerprint density at radius 2 is 2.16 bits per heavy atom. The van der Waals surface area contributed by atoms with Crippen molar-refractivity contribution < 1.29 is 0 Å². The van der Waals surface area contributed by atoms with E-state index in [-0.39, 0.29) is 0 Å². The van der Waals surface area contributed by atoms with Crippen molar-refractivity contribution in [2.75, 3.05) is 26.2 Å². The minimum atomic E-state index is 0.520. The minimum absolute atomic E-state index is 0.520. The SMILES string of the molecule is CC(CN1CCCCC1)n1cncc1[C@@H]1CCCN1. The first-order valence-electron chi connectivity index (χ1n) is 7.82. The average Bonchev–Trinajstić information content (AvgIpc) is 3.10. The third kappa shape index (κ3) is 3.00. The first-order valence-corrected chi connectivity index (χ1v) is 7.82. The maximum Gasteiger partial charge on any atom is 0.0951 e. The summed E-state index contributed by atoms with van der Waals surface area (Å²) in [4.78, 5) is 7.00.